The Kier molecular flexibility index (Phi) is 6.12. The van der Waals surface area contributed by atoms with Crippen LogP contribution in [0.2, 0.25) is 0 Å². The van der Waals surface area contributed by atoms with Crippen LogP contribution in [-0.4, -0.2) is 39.0 Å². The van der Waals surface area contributed by atoms with Gasteiger partial charge in [-0.1, -0.05) is 12.1 Å². The average molecular weight is 449 g/mol. The summed E-state index contributed by atoms with van der Waals surface area (Å²) in [6.07, 6.45) is -4.13. The number of nitrogens with zero attached hydrogens (tertiary/aromatic N) is 1. The second-order valence-electron chi connectivity index (χ2n) is 7.45. The molecule has 3 aromatic rings. The lowest BCUT2D eigenvalue weighted by atomic mass is 9.99. The molecule has 0 radical (unpaired) electrons. The Balaban J connectivity index is 1.87. The Morgan fingerprint density at radius 1 is 1.09 bits per heavy atom. The zero-order valence-corrected chi connectivity index (χ0v) is 17.6. The molecule has 0 atom stereocenters. The molecule has 0 saturated heterocycles. The van der Waals surface area contributed by atoms with Gasteiger partial charge in [-0.15, -0.1) is 0 Å². The van der Waals surface area contributed by atoms with Gasteiger partial charge in [-0.25, -0.2) is 0 Å². The summed E-state index contributed by atoms with van der Waals surface area (Å²) in [4.78, 5) is 15.2. The Morgan fingerprint density at radius 2 is 1.84 bits per heavy atom. The van der Waals surface area contributed by atoms with Crippen LogP contribution < -0.4 is 14.9 Å². The first-order chi connectivity index (χ1) is 15.3. The molecular weight excluding hydrogens is 427 g/mol. The van der Waals surface area contributed by atoms with Gasteiger partial charge < -0.3 is 18.6 Å². The molecule has 170 valence electrons. The summed E-state index contributed by atoms with van der Waals surface area (Å²) < 4.78 is 63.2. The Morgan fingerprint density at radius 3 is 2.50 bits per heavy atom. The second-order valence-corrected chi connectivity index (χ2v) is 7.45. The van der Waals surface area contributed by atoms with Gasteiger partial charge in [0.2, 0.25) is 11.2 Å². The van der Waals surface area contributed by atoms with Crippen LogP contribution in [0.4, 0.5) is 13.2 Å². The van der Waals surface area contributed by atoms with Crippen molar-refractivity contribution in [2.75, 3.05) is 34.1 Å². The number of hydrogen-bond donors (Lipinski definition) is 0. The molecule has 0 aliphatic carbocycles. The van der Waals surface area contributed by atoms with Crippen LogP contribution >= 0.6 is 0 Å². The minimum absolute atomic E-state index is 0.0740. The average Bonchev–Trinajstić information content (AvgIpc) is 2.78. The van der Waals surface area contributed by atoms with Crippen molar-refractivity contribution in [3.05, 3.63) is 57.9 Å². The quantitative estimate of drug-likeness (QED) is 0.510. The lowest BCUT2D eigenvalue weighted by molar-refractivity contribution is -0.152. The van der Waals surface area contributed by atoms with Crippen molar-refractivity contribution in [3.8, 4) is 22.6 Å². The van der Waals surface area contributed by atoms with Crippen molar-refractivity contribution in [1.29, 1.82) is 0 Å². The van der Waals surface area contributed by atoms with E-state index in [-0.39, 0.29) is 16.5 Å². The van der Waals surface area contributed by atoms with Gasteiger partial charge in [0.05, 0.1) is 23.6 Å². The number of fused-ring (bicyclic) bond motifs is 3. The van der Waals surface area contributed by atoms with E-state index < -0.39 is 22.9 Å². The molecule has 0 spiro atoms. The Bertz CT molecular complexity index is 1170. The van der Waals surface area contributed by atoms with Gasteiger partial charge in [0.15, 0.2) is 0 Å². The summed E-state index contributed by atoms with van der Waals surface area (Å²) in [7, 11) is 3.05. The molecule has 0 N–H and O–H groups in total. The fourth-order valence-electron chi connectivity index (χ4n) is 3.81. The van der Waals surface area contributed by atoms with Crippen molar-refractivity contribution in [1.82, 2.24) is 4.90 Å². The first kappa shape index (κ1) is 22.2. The van der Waals surface area contributed by atoms with E-state index in [1.165, 1.54) is 37.4 Å². The standard InChI is InChI=1S/C23H22F3NO5/c1-29-11-3-10-27-12-17-18(31-13-27)9-8-16-20(28)19(14-4-6-15(30-2)7-5-14)22(23(24,25)26)32-21(16)17/h4-9H,3,10-13H2,1-2H3. The van der Waals surface area contributed by atoms with Gasteiger partial charge in [0.1, 0.15) is 23.8 Å². The van der Waals surface area contributed by atoms with Crippen LogP contribution in [0.5, 0.6) is 11.5 Å². The molecule has 32 heavy (non-hydrogen) atoms. The maximum Gasteiger partial charge on any atom is 0.450 e. The molecule has 2 heterocycles. The molecule has 9 heteroatoms. The third-order valence-electron chi connectivity index (χ3n) is 5.36. The highest BCUT2D eigenvalue weighted by atomic mass is 19.4. The number of methoxy groups -OCH3 is 2. The normalized spacial score (nSPS) is 14.3. The largest absolute Gasteiger partial charge is 0.497 e. The topological polar surface area (TPSA) is 61.1 Å². The minimum atomic E-state index is -4.86. The maximum absolute atomic E-state index is 14.0. The van der Waals surface area contributed by atoms with Crippen molar-refractivity contribution in [2.24, 2.45) is 0 Å². The van der Waals surface area contributed by atoms with E-state index >= 15 is 0 Å². The Labute approximate surface area is 182 Å². The van der Waals surface area contributed by atoms with Crippen LogP contribution in [0.15, 0.2) is 45.6 Å². The molecule has 1 aliphatic heterocycles. The monoisotopic (exact) mass is 449 g/mol. The summed E-state index contributed by atoms with van der Waals surface area (Å²) in [5.41, 5.74) is -0.850. The van der Waals surface area contributed by atoms with Crippen molar-refractivity contribution < 1.29 is 31.8 Å². The number of benzene rings is 2. The number of halogens is 3. The Hall–Kier alpha value is -3.04. The molecule has 1 aromatic heterocycles. The highest BCUT2D eigenvalue weighted by molar-refractivity contribution is 5.87. The number of ether oxygens (including phenoxy) is 3. The molecule has 0 fully saturated rings. The van der Waals surface area contributed by atoms with Gasteiger partial charge in [-0.2, -0.15) is 13.2 Å². The first-order valence-corrected chi connectivity index (χ1v) is 10.0. The maximum atomic E-state index is 14.0. The van der Waals surface area contributed by atoms with E-state index in [0.29, 0.717) is 43.5 Å². The fraction of sp³-hybridized carbons (Fsp3) is 0.348. The van der Waals surface area contributed by atoms with Gasteiger partial charge in [-0.3, -0.25) is 9.69 Å². The molecular formula is C23H22F3NO5. The smallest absolute Gasteiger partial charge is 0.450 e. The summed E-state index contributed by atoms with van der Waals surface area (Å²) in [5, 5.41) is 0.0740. The van der Waals surface area contributed by atoms with Gasteiger partial charge in [0, 0.05) is 26.8 Å². The lowest BCUT2D eigenvalue weighted by Crippen LogP contribution is -2.33. The number of hydrogen-bond acceptors (Lipinski definition) is 6. The zero-order valence-electron chi connectivity index (χ0n) is 17.6. The molecule has 4 rings (SSSR count). The van der Waals surface area contributed by atoms with Crippen molar-refractivity contribution >= 4 is 11.0 Å². The third-order valence-corrected chi connectivity index (χ3v) is 5.36. The van der Waals surface area contributed by atoms with Crippen LogP contribution in [0, 0.1) is 0 Å². The van der Waals surface area contributed by atoms with E-state index in [1.807, 2.05) is 4.90 Å². The number of rotatable bonds is 6. The van der Waals surface area contributed by atoms with Crippen LogP contribution in [0.1, 0.15) is 17.7 Å². The molecule has 0 amide bonds. The lowest BCUT2D eigenvalue weighted by Gasteiger charge is -2.29. The van der Waals surface area contributed by atoms with E-state index in [1.54, 1.807) is 13.2 Å². The van der Waals surface area contributed by atoms with E-state index in [0.717, 1.165) is 6.42 Å². The molecule has 6 nitrogen and oxygen atoms in total. The first-order valence-electron chi connectivity index (χ1n) is 10.0. The highest BCUT2D eigenvalue weighted by Crippen LogP contribution is 2.40. The van der Waals surface area contributed by atoms with Gasteiger partial charge in [-0.05, 0) is 36.2 Å². The summed E-state index contributed by atoms with van der Waals surface area (Å²) in [6, 6.07) is 8.87. The minimum Gasteiger partial charge on any atom is -0.497 e. The number of alkyl halides is 3. The summed E-state index contributed by atoms with van der Waals surface area (Å²) in [5.74, 6) is -0.452. The van der Waals surface area contributed by atoms with Crippen LogP contribution in [0.25, 0.3) is 22.1 Å². The van der Waals surface area contributed by atoms with E-state index in [2.05, 4.69) is 0 Å². The van der Waals surface area contributed by atoms with Gasteiger partial charge >= 0.3 is 6.18 Å². The molecule has 0 saturated carbocycles. The summed E-state index contributed by atoms with van der Waals surface area (Å²) in [6.45, 7) is 1.78. The zero-order chi connectivity index (χ0) is 22.9. The molecule has 2 aromatic carbocycles. The molecule has 0 unspecified atom stereocenters. The SMILES string of the molecule is COCCCN1COc2ccc3c(=O)c(-c4ccc(OC)cc4)c(C(F)(F)F)oc3c2C1. The highest BCUT2D eigenvalue weighted by Gasteiger charge is 2.40. The van der Waals surface area contributed by atoms with Crippen LogP contribution in [0.3, 0.4) is 0 Å². The molecule has 1 aliphatic rings. The summed E-state index contributed by atoms with van der Waals surface area (Å²) >= 11 is 0. The fourth-order valence-corrected chi connectivity index (χ4v) is 3.81. The predicted molar refractivity (Wildman–Crippen MR) is 112 cm³/mol. The van der Waals surface area contributed by atoms with Crippen LogP contribution in [-0.2, 0) is 17.5 Å². The van der Waals surface area contributed by atoms with E-state index in [9.17, 15) is 18.0 Å². The van der Waals surface area contributed by atoms with E-state index in [4.69, 9.17) is 18.6 Å². The third kappa shape index (κ3) is 4.18. The van der Waals surface area contributed by atoms with Crippen molar-refractivity contribution in [3.63, 3.8) is 0 Å². The van der Waals surface area contributed by atoms with Crippen molar-refractivity contribution in [2.45, 2.75) is 19.1 Å². The van der Waals surface area contributed by atoms with Gasteiger partial charge in [0.25, 0.3) is 0 Å². The predicted octanol–water partition coefficient (Wildman–Crippen LogP) is 4.68. The molecule has 0 bridgehead atoms. The second kappa shape index (κ2) is 8.84.